The van der Waals surface area contributed by atoms with Crippen LogP contribution in [-0.2, 0) is 0 Å². The molecule has 0 bridgehead atoms. The lowest BCUT2D eigenvalue weighted by molar-refractivity contribution is -0.387. The number of nitro groups is 1. The molecular weight excluding hydrogens is 201 g/mol. The van der Waals surface area contributed by atoms with Crippen molar-refractivity contribution in [2.24, 2.45) is 5.92 Å². The molecule has 0 atom stereocenters. The zero-order valence-electron chi connectivity index (χ0n) is 8.36. The van der Waals surface area contributed by atoms with Crippen LogP contribution in [0.15, 0.2) is 18.2 Å². The summed E-state index contributed by atoms with van der Waals surface area (Å²) in [5, 5.41) is 10.4. The number of carbonyl (C=O) groups is 1. The van der Waals surface area contributed by atoms with E-state index in [9.17, 15) is 19.3 Å². The van der Waals surface area contributed by atoms with Crippen LogP contribution in [0.5, 0.6) is 0 Å². The van der Waals surface area contributed by atoms with Gasteiger partial charge < -0.3 is 0 Å². The molecule has 0 amide bonds. The molecular formula is C10H10FNO3. The Morgan fingerprint density at radius 2 is 2.07 bits per heavy atom. The Kier molecular flexibility index (Phi) is 3.14. The van der Waals surface area contributed by atoms with Gasteiger partial charge in [0.2, 0.25) is 5.82 Å². The standard InChI is InChI=1S/C10H10FNO3/c1-6(2)10(13)7-3-4-8(11)9(5-7)12(14)15/h3-6H,1-2H3. The van der Waals surface area contributed by atoms with Gasteiger partial charge in [0, 0.05) is 17.5 Å². The van der Waals surface area contributed by atoms with E-state index in [1.807, 2.05) is 0 Å². The maximum atomic E-state index is 12.9. The van der Waals surface area contributed by atoms with Gasteiger partial charge in [0.05, 0.1) is 4.92 Å². The summed E-state index contributed by atoms with van der Waals surface area (Å²) >= 11 is 0. The van der Waals surface area contributed by atoms with E-state index in [0.29, 0.717) is 0 Å². The van der Waals surface area contributed by atoms with Crippen LogP contribution in [0.3, 0.4) is 0 Å². The number of halogens is 1. The number of hydrogen-bond acceptors (Lipinski definition) is 3. The molecule has 0 aromatic heterocycles. The Morgan fingerprint density at radius 3 is 2.53 bits per heavy atom. The number of rotatable bonds is 3. The van der Waals surface area contributed by atoms with Crippen LogP contribution in [0.4, 0.5) is 10.1 Å². The fraction of sp³-hybridized carbons (Fsp3) is 0.300. The normalized spacial score (nSPS) is 10.4. The van der Waals surface area contributed by atoms with E-state index < -0.39 is 16.4 Å². The number of carbonyl (C=O) groups excluding carboxylic acids is 1. The minimum Gasteiger partial charge on any atom is -0.294 e. The van der Waals surface area contributed by atoms with Crippen LogP contribution in [0.25, 0.3) is 0 Å². The molecule has 1 aromatic carbocycles. The molecule has 0 fully saturated rings. The van der Waals surface area contributed by atoms with Crippen molar-refractivity contribution >= 4 is 11.5 Å². The third kappa shape index (κ3) is 2.37. The Bertz CT molecular complexity index is 415. The van der Waals surface area contributed by atoms with E-state index in [0.717, 1.165) is 12.1 Å². The van der Waals surface area contributed by atoms with Crippen LogP contribution >= 0.6 is 0 Å². The summed E-state index contributed by atoms with van der Waals surface area (Å²) in [6.45, 7) is 3.36. The van der Waals surface area contributed by atoms with Crippen molar-refractivity contribution in [1.29, 1.82) is 0 Å². The minimum absolute atomic E-state index is 0.165. The Labute approximate surface area is 85.9 Å². The SMILES string of the molecule is CC(C)C(=O)c1ccc(F)c([N+](=O)[O-])c1. The van der Waals surface area contributed by atoms with Gasteiger partial charge in [-0.2, -0.15) is 4.39 Å². The molecule has 0 aliphatic carbocycles. The number of ketones is 1. The highest BCUT2D eigenvalue weighted by molar-refractivity contribution is 5.97. The molecule has 0 saturated heterocycles. The van der Waals surface area contributed by atoms with Crippen molar-refractivity contribution in [3.8, 4) is 0 Å². The predicted molar refractivity (Wildman–Crippen MR) is 52.2 cm³/mol. The third-order valence-corrected chi connectivity index (χ3v) is 1.95. The second kappa shape index (κ2) is 4.16. The molecule has 4 nitrogen and oxygen atoms in total. The Balaban J connectivity index is 3.19. The van der Waals surface area contributed by atoms with Gasteiger partial charge in [-0.1, -0.05) is 13.8 Å². The second-order valence-electron chi connectivity index (χ2n) is 3.44. The zero-order valence-corrected chi connectivity index (χ0v) is 8.36. The highest BCUT2D eigenvalue weighted by Gasteiger charge is 2.18. The number of hydrogen-bond donors (Lipinski definition) is 0. The first-order valence-corrected chi connectivity index (χ1v) is 4.41. The summed E-state index contributed by atoms with van der Waals surface area (Å²) in [6.07, 6.45) is 0. The number of benzene rings is 1. The lowest BCUT2D eigenvalue weighted by atomic mass is 10.0. The molecule has 0 aliphatic heterocycles. The van der Waals surface area contributed by atoms with Crippen LogP contribution in [0.2, 0.25) is 0 Å². The quantitative estimate of drug-likeness (QED) is 0.438. The first-order chi connectivity index (χ1) is 6.93. The molecule has 0 N–H and O–H groups in total. The van der Waals surface area contributed by atoms with Crippen molar-refractivity contribution in [2.45, 2.75) is 13.8 Å². The molecule has 5 heteroatoms. The zero-order chi connectivity index (χ0) is 11.6. The summed E-state index contributed by atoms with van der Waals surface area (Å²) in [7, 11) is 0. The number of nitro benzene ring substituents is 1. The molecule has 1 aromatic rings. The highest BCUT2D eigenvalue weighted by atomic mass is 19.1. The molecule has 15 heavy (non-hydrogen) atoms. The largest absolute Gasteiger partial charge is 0.305 e. The Hall–Kier alpha value is -1.78. The van der Waals surface area contributed by atoms with E-state index in [2.05, 4.69) is 0 Å². The molecule has 0 radical (unpaired) electrons. The van der Waals surface area contributed by atoms with Crippen LogP contribution < -0.4 is 0 Å². The van der Waals surface area contributed by atoms with E-state index in [4.69, 9.17) is 0 Å². The molecule has 0 aliphatic rings. The van der Waals surface area contributed by atoms with Crippen molar-refractivity contribution in [3.63, 3.8) is 0 Å². The van der Waals surface area contributed by atoms with Crippen molar-refractivity contribution in [1.82, 2.24) is 0 Å². The van der Waals surface area contributed by atoms with Crippen LogP contribution in [0.1, 0.15) is 24.2 Å². The first-order valence-electron chi connectivity index (χ1n) is 4.41. The topological polar surface area (TPSA) is 60.2 Å². The first kappa shape index (κ1) is 11.3. The fourth-order valence-corrected chi connectivity index (χ4v) is 1.14. The summed E-state index contributed by atoms with van der Waals surface area (Å²) in [4.78, 5) is 21.1. The van der Waals surface area contributed by atoms with Gasteiger partial charge in [0.1, 0.15) is 0 Å². The monoisotopic (exact) mass is 211 g/mol. The average molecular weight is 211 g/mol. The maximum absolute atomic E-state index is 12.9. The van der Waals surface area contributed by atoms with E-state index in [-0.39, 0.29) is 17.3 Å². The van der Waals surface area contributed by atoms with E-state index in [1.165, 1.54) is 6.07 Å². The number of nitrogens with zero attached hydrogens (tertiary/aromatic N) is 1. The lowest BCUT2D eigenvalue weighted by Gasteiger charge is -2.03. The lowest BCUT2D eigenvalue weighted by Crippen LogP contribution is -2.08. The smallest absolute Gasteiger partial charge is 0.294 e. The Morgan fingerprint density at radius 1 is 1.47 bits per heavy atom. The van der Waals surface area contributed by atoms with E-state index >= 15 is 0 Å². The van der Waals surface area contributed by atoms with Gasteiger partial charge in [0.25, 0.3) is 0 Å². The molecule has 0 unspecified atom stereocenters. The highest BCUT2D eigenvalue weighted by Crippen LogP contribution is 2.20. The van der Waals surface area contributed by atoms with Gasteiger partial charge in [-0.15, -0.1) is 0 Å². The van der Waals surface area contributed by atoms with Crippen LogP contribution in [-0.4, -0.2) is 10.7 Å². The van der Waals surface area contributed by atoms with Gasteiger partial charge in [-0.3, -0.25) is 14.9 Å². The van der Waals surface area contributed by atoms with Gasteiger partial charge in [0.15, 0.2) is 5.78 Å². The summed E-state index contributed by atoms with van der Waals surface area (Å²) in [5.74, 6) is -1.44. The summed E-state index contributed by atoms with van der Waals surface area (Å²) < 4.78 is 12.9. The fourth-order valence-electron chi connectivity index (χ4n) is 1.14. The number of Topliss-reactive ketones (excluding diaryl/α,β-unsaturated/α-hetero) is 1. The summed E-state index contributed by atoms with van der Waals surface area (Å²) in [5.41, 5.74) is -0.500. The van der Waals surface area contributed by atoms with Crippen molar-refractivity contribution < 1.29 is 14.1 Å². The van der Waals surface area contributed by atoms with Gasteiger partial charge in [-0.05, 0) is 12.1 Å². The third-order valence-electron chi connectivity index (χ3n) is 1.95. The van der Waals surface area contributed by atoms with E-state index in [1.54, 1.807) is 13.8 Å². The molecule has 1 rings (SSSR count). The van der Waals surface area contributed by atoms with Crippen molar-refractivity contribution in [3.05, 3.63) is 39.7 Å². The molecule has 0 heterocycles. The maximum Gasteiger partial charge on any atom is 0.305 e. The van der Waals surface area contributed by atoms with Crippen molar-refractivity contribution in [2.75, 3.05) is 0 Å². The predicted octanol–water partition coefficient (Wildman–Crippen LogP) is 2.57. The van der Waals surface area contributed by atoms with Gasteiger partial charge in [-0.25, -0.2) is 0 Å². The van der Waals surface area contributed by atoms with Crippen LogP contribution in [0, 0.1) is 21.8 Å². The molecule has 0 spiro atoms. The molecule has 80 valence electrons. The second-order valence-corrected chi connectivity index (χ2v) is 3.44. The van der Waals surface area contributed by atoms with Gasteiger partial charge >= 0.3 is 5.69 Å². The summed E-state index contributed by atoms with van der Waals surface area (Å²) in [6, 6.07) is 3.16. The minimum atomic E-state index is -0.930. The average Bonchev–Trinajstić information content (AvgIpc) is 2.16. The molecule has 0 saturated carbocycles.